The lowest BCUT2D eigenvalue weighted by Crippen LogP contribution is -2.26. The molecule has 3 nitrogen and oxygen atoms in total. The SMILES string of the molecule is COc1ccc(NC2CC3CCC2C3)c(OC)c1. The predicted octanol–water partition coefficient (Wildman–Crippen LogP) is 3.30. The number of rotatable bonds is 4. The maximum Gasteiger partial charge on any atom is 0.145 e. The van der Waals surface area contributed by atoms with Crippen molar-refractivity contribution in [3.63, 3.8) is 0 Å². The van der Waals surface area contributed by atoms with E-state index in [0.717, 1.165) is 29.0 Å². The zero-order valence-corrected chi connectivity index (χ0v) is 11.1. The fraction of sp³-hybridized carbons (Fsp3) is 0.600. The number of hydrogen-bond acceptors (Lipinski definition) is 3. The number of hydrogen-bond donors (Lipinski definition) is 1. The molecule has 3 unspecified atom stereocenters. The lowest BCUT2D eigenvalue weighted by atomic mass is 9.95. The van der Waals surface area contributed by atoms with Gasteiger partial charge in [-0.3, -0.25) is 0 Å². The second-order valence-corrected chi connectivity index (χ2v) is 5.49. The van der Waals surface area contributed by atoms with Gasteiger partial charge in [0.1, 0.15) is 11.5 Å². The highest BCUT2D eigenvalue weighted by Gasteiger charge is 2.39. The number of benzene rings is 1. The van der Waals surface area contributed by atoms with Crippen LogP contribution in [0.15, 0.2) is 18.2 Å². The van der Waals surface area contributed by atoms with Crippen LogP contribution < -0.4 is 14.8 Å². The average Bonchev–Trinajstić information content (AvgIpc) is 3.01. The van der Waals surface area contributed by atoms with Gasteiger partial charge in [-0.2, -0.15) is 0 Å². The quantitative estimate of drug-likeness (QED) is 0.885. The van der Waals surface area contributed by atoms with E-state index in [-0.39, 0.29) is 0 Å². The fourth-order valence-electron chi connectivity index (χ4n) is 3.54. The average molecular weight is 247 g/mol. The van der Waals surface area contributed by atoms with Crippen molar-refractivity contribution in [3.05, 3.63) is 18.2 Å². The molecule has 2 bridgehead atoms. The summed E-state index contributed by atoms with van der Waals surface area (Å²) in [5.41, 5.74) is 1.09. The smallest absolute Gasteiger partial charge is 0.145 e. The molecule has 18 heavy (non-hydrogen) atoms. The summed E-state index contributed by atoms with van der Waals surface area (Å²) in [5.74, 6) is 3.53. The Balaban J connectivity index is 1.76. The largest absolute Gasteiger partial charge is 0.497 e. The minimum Gasteiger partial charge on any atom is -0.497 e. The second kappa shape index (κ2) is 4.71. The van der Waals surface area contributed by atoms with Gasteiger partial charge in [-0.1, -0.05) is 6.42 Å². The Morgan fingerprint density at radius 2 is 2.00 bits per heavy atom. The van der Waals surface area contributed by atoms with Crippen LogP contribution >= 0.6 is 0 Å². The molecular weight excluding hydrogens is 226 g/mol. The Labute approximate surface area is 108 Å². The third kappa shape index (κ3) is 2.02. The van der Waals surface area contributed by atoms with Crippen LogP contribution in [0.3, 0.4) is 0 Å². The molecule has 2 aliphatic carbocycles. The van der Waals surface area contributed by atoms with Crippen molar-refractivity contribution in [2.24, 2.45) is 11.8 Å². The molecule has 3 atom stereocenters. The summed E-state index contributed by atoms with van der Waals surface area (Å²) in [6, 6.07) is 6.61. The maximum atomic E-state index is 5.44. The van der Waals surface area contributed by atoms with Crippen LogP contribution in [0.1, 0.15) is 25.7 Å². The maximum absolute atomic E-state index is 5.44. The molecule has 3 rings (SSSR count). The van der Waals surface area contributed by atoms with E-state index in [1.54, 1.807) is 14.2 Å². The van der Waals surface area contributed by atoms with E-state index in [0.29, 0.717) is 6.04 Å². The van der Waals surface area contributed by atoms with Gasteiger partial charge in [0.2, 0.25) is 0 Å². The molecule has 0 saturated heterocycles. The number of nitrogens with one attached hydrogen (secondary N) is 1. The lowest BCUT2D eigenvalue weighted by Gasteiger charge is -2.25. The molecule has 0 amide bonds. The van der Waals surface area contributed by atoms with Crippen LogP contribution in [0.4, 0.5) is 5.69 Å². The fourth-order valence-corrected chi connectivity index (χ4v) is 3.54. The van der Waals surface area contributed by atoms with E-state index in [2.05, 4.69) is 11.4 Å². The Kier molecular flexibility index (Phi) is 3.06. The van der Waals surface area contributed by atoms with E-state index in [1.165, 1.54) is 25.7 Å². The molecule has 2 aliphatic rings. The second-order valence-electron chi connectivity index (χ2n) is 5.49. The van der Waals surface area contributed by atoms with Gasteiger partial charge < -0.3 is 14.8 Å². The van der Waals surface area contributed by atoms with Crippen LogP contribution in [0.2, 0.25) is 0 Å². The molecule has 3 heteroatoms. The lowest BCUT2D eigenvalue weighted by molar-refractivity contribution is 0.393. The summed E-state index contributed by atoms with van der Waals surface area (Å²) in [7, 11) is 3.39. The van der Waals surface area contributed by atoms with E-state index in [1.807, 2.05) is 12.1 Å². The first kappa shape index (κ1) is 11.7. The molecule has 0 aromatic heterocycles. The molecule has 1 aromatic carbocycles. The van der Waals surface area contributed by atoms with Crippen molar-refractivity contribution >= 4 is 5.69 Å². The first-order valence-corrected chi connectivity index (χ1v) is 6.78. The minimum atomic E-state index is 0.631. The van der Waals surface area contributed by atoms with Crippen molar-refractivity contribution in [2.75, 3.05) is 19.5 Å². The highest BCUT2D eigenvalue weighted by atomic mass is 16.5. The molecule has 1 N–H and O–H groups in total. The van der Waals surface area contributed by atoms with Gasteiger partial charge in [-0.15, -0.1) is 0 Å². The third-order valence-electron chi connectivity index (χ3n) is 4.49. The van der Waals surface area contributed by atoms with Gasteiger partial charge in [-0.05, 0) is 43.2 Å². The van der Waals surface area contributed by atoms with Gasteiger partial charge in [0.25, 0.3) is 0 Å². The van der Waals surface area contributed by atoms with Crippen molar-refractivity contribution in [1.29, 1.82) is 0 Å². The number of anilines is 1. The molecule has 0 heterocycles. The normalized spacial score (nSPS) is 29.3. The van der Waals surface area contributed by atoms with Crippen molar-refractivity contribution in [1.82, 2.24) is 0 Å². The van der Waals surface area contributed by atoms with E-state index < -0.39 is 0 Å². The van der Waals surface area contributed by atoms with Crippen molar-refractivity contribution in [3.8, 4) is 11.5 Å². The van der Waals surface area contributed by atoms with Crippen molar-refractivity contribution in [2.45, 2.75) is 31.7 Å². The van der Waals surface area contributed by atoms with Gasteiger partial charge >= 0.3 is 0 Å². The van der Waals surface area contributed by atoms with Crippen LogP contribution in [0.25, 0.3) is 0 Å². The van der Waals surface area contributed by atoms with Crippen LogP contribution in [-0.4, -0.2) is 20.3 Å². The van der Waals surface area contributed by atoms with E-state index >= 15 is 0 Å². The van der Waals surface area contributed by atoms with Crippen LogP contribution in [0.5, 0.6) is 11.5 Å². The topological polar surface area (TPSA) is 30.5 Å². The molecule has 1 aromatic rings. The van der Waals surface area contributed by atoms with E-state index in [9.17, 15) is 0 Å². The summed E-state index contributed by atoms with van der Waals surface area (Å²) >= 11 is 0. The molecule has 0 aliphatic heterocycles. The highest BCUT2D eigenvalue weighted by molar-refractivity contribution is 5.59. The van der Waals surface area contributed by atoms with E-state index in [4.69, 9.17) is 9.47 Å². The highest BCUT2D eigenvalue weighted by Crippen LogP contribution is 2.46. The van der Waals surface area contributed by atoms with Crippen LogP contribution in [-0.2, 0) is 0 Å². The van der Waals surface area contributed by atoms with Gasteiger partial charge in [-0.25, -0.2) is 0 Å². The van der Waals surface area contributed by atoms with Gasteiger partial charge in [0.05, 0.1) is 19.9 Å². The molecule has 2 fully saturated rings. The summed E-state index contributed by atoms with van der Waals surface area (Å²) < 4.78 is 10.7. The zero-order chi connectivity index (χ0) is 12.5. The summed E-state index contributed by atoms with van der Waals surface area (Å²) in [6.07, 6.45) is 5.55. The Hall–Kier alpha value is -1.38. The molecule has 0 spiro atoms. The zero-order valence-electron chi connectivity index (χ0n) is 11.1. The Bertz CT molecular complexity index is 433. The minimum absolute atomic E-state index is 0.631. The predicted molar refractivity (Wildman–Crippen MR) is 72.4 cm³/mol. The monoisotopic (exact) mass is 247 g/mol. The molecular formula is C15H21NO2. The third-order valence-corrected chi connectivity index (χ3v) is 4.49. The van der Waals surface area contributed by atoms with Crippen LogP contribution in [0, 0.1) is 11.8 Å². The first-order valence-electron chi connectivity index (χ1n) is 6.78. The molecule has 98 valence electrons. The molecule has 0 radical (unpaired) electrons. The Morgan fingerprint density at radius 1 is 1.11 bits per heavy atom. The van der Waals surface area contributed by atoms with Gasteiger partial charge in [0, 0.05) is 12.1 Å². The summed E-state index contributed by atoms with van der Waals surface area (Å²) in [6.45, 7) is 0. The standard InChI is InChI=1S/C15H21NO2/c1-17-12-5-6-13(15(9-12)18-2)16-14-8-10-3-4-11(14)7-10/h5-6,9-11,14,16H,3-4,7-8H2,1-2H3. The first-order chi connectivity index (χ1) is 8.80. The number of ether oxygens (including phenoxy) is 2. The summed E-state index contributed by atoms with van der Waals surface area (Å²) in [4.78, 5) is 0. The number of fused-ring (bicyclic) bond motifs is 2. The van der Waals surface area contributed by atoms with Crippen molar-refractivity contribution < 1.29 is 9.47 Å². The number of methoxy groups -OCH3 is 2. The van der Waals surface area contributed by atoms with Gasteiger partial charge in [0.15, 0.2) is 0 Å². The molecule has 2 saturated carbocycles. The summed E-state index contributed by atoms with van der Waals surface area (Å²) in [5, 5.41) is 3.66. The Morgan fingerprint density at radius 3 is 2.61 bits per heavy atom.